The van der Waals surface area contributed by atoms with Gasteiger partial charge in [0.2, 0.25) is 5.91 Å². The van der Waals surface area contributed by atoms with Crippen molar-refractivity contribution in [2.45, 2.75) is 32.7 Å². The molecule has 1 heterocycles. The van der Waals surface area contributed by atoms with Gasteiger partial charge in [0.05, 0.1) is 0 Å². The second-order valence-electron chi connectivity index (χ2n) is 5.43. The van der Waals surface area contributed by atoms with E-state index in [2.05, 4.69) is 0 Å². The summed E-state index contributed by atoms with van der Waals surface area (Å²) in [4.78, 5) is 36.7. The third kappa shape index (κ3) is 3.50. The Bertz CT molecular complexity index is 602. The molecule has 1 aromatic carbocycles. The van der Waals surface area contributed by atoms with Crippen molar-refractivity contribution in [3.63, 3.8) is 0 Å². The van der Waals surface area contributed by atoms with Crippen LogP contribution in [0.1, 0.15) is 25.8 Å². The van der Waals surface area contributed by atoms with Gasteiger partial charge in [0.25, 0.3) is 0 Å². The second-order valence-corrected chi connectivity index (χ2v) is 6.63. The summed E-state index contributed by atoms with van der Waals surface area (Å²) in [6.07, 6.45) is 1.05. The Morgan fingerprint density at radius 1 is 1.36 bits per heavy atom. The van der Waals surface area contributed by atoms with Crippen molar-refractivity contribution in [2.24, 2.45) is 5.92 Å². The number of para-hydroxylation sites is 1. The first-order chi connectivity index (χ1) is 10.4. The minimum absolute atomic E-state index is 0.0477. The van der Waals surface area contributed by atoms with Crippen LogP contribution in [0, 0.1) is 5.92 Å². The van der Waals surface area contributed by atoms with E-state index in [0.29, 0.717) is 24.3 Å². The molecule has 2 atom stereocenters. The predicted molar refractivity (Wildman–Crippen MR) is 86.0 cm³/mol. The number of benzene rings is 1. The summed E-state index contributed by atoms with van der Waals surface area (Å²) in [7, 11) is 0. The van der Waals surface area contributed by atoms with Crippen LogP contribution in [0.4, 0.5) is 5.69 Å². The fraction of sp³-hybridized carbons (Fsp3) is 0.438. The molecule has 0 bridgehead atoms. The van der Waals surface area contributed by atoms with Crippen LogP contribution >= 0.6 is 11.8 Å². The normalized spacial score (nSPS) is 18.5. The van der Waals surface area contributed by atoms with Crippen molar-refractivity contribution in [3.05, 3.63) is 29.8 Å². The summed E-state index contributed by atoms with van der Waals surface area (Å²) in [5.41, 5.74) is 1.66. The Labute approximate surface area is 133 Å². The third-order valence-corrected chi connectivity index (χ3v) is 4.80. The number of amides is 1. The number of carbonyl (C=O) groups is 3. The van der Waals surface area contributed by atoms with E-state index in [1.807, 2.05) is 12.1 Å². The van der Waals surface area contributed by atoms with Gasteiger partial charge >= 0.3 is 5.97 Å². The van der Waals surface area contributed by atoms with Crippen LogP contribution in [0.25, 0.3) is 0 Å². The number of hydrogen-bond donors (Lipinski definition) is 1. The number of nitrogens with zero attached hydrogens (tertiary/aromatic N) is 1. The molecule has 0 saturated carbocycles. The van der Waals surface area contributed by atoms with Gasteiger partial charge in [-0.25, -0.2) is 4.79 Å². The van der Waals surface area contributed by atoms with Gasteiger partial charge in [-0.05, 0) is 24.5 Å². The lowest BCUT2D eigenvalue weighted by Gasteiger charge is -2.36. The molecule has 0 unspecified atom stereocenters. The minimum Gasteiger partial charge on any atom is -0.480 e. The smallest absolute Gasteiger partial charge is 0.326 e. The van der Waals surface area contributed by atoms with Gasteiger partial charge in [-0.1, -0.05) is 36.9 Å². The second kappa shape index (κ2) is 6.96. The van der Waals surface area contributed by atoms with E-state index in [1.165, 1.54) is 11.8 Å². The molecular weight excluding hydrogens is 302 g/mol. The van der Waals surface area contributed by atoms with Gasteiger partial charge in [-0.3, -0.25) is 14.5 Å². The van der Waals surface area contributed by atoms with Crippen LogP contribution in [0.15, 0.2) is 24.3 Å². The van der Waals surface area contributed by atoms with E-state index in [-0.39, 0.29) is 11.0 Å². The van der Waals surface area contributed by atoms with Crippen molar-refractivity contribution in [1.29, 1.82) is 0 Å². The summed E-state index contributed by atoms with van der Waals surface area (Å²) in [5, 5.41) is 9.38. The summed E-state index contributed by atoms with van der Waals surface area (Å²) in [6.45, 7) is 3.19. The SMILES string of the molecule is CC(=O)SC[C@@H](C)C(=O)N1c2ccccc2CC[C@@H]1C(=O)O. The molecule has 6 heteroatoms. The molecule has 1 amide bonds. The van der Waals surface area contributed by atoms with Crippen molar-refractivity contribution in [1.82, 2.24) is 0 Å². The average molecular weight is 321 g/mol. The lowest BCUT2D eigenvalue weighted by Crippen LogP contribution is -2.50. The van der Waals surface area contributed by atoms with E-state index in [9.17, 15) is 19.5 Å². The first kappa shape index (κ1) is 16.5. The molecule has 1 aliphatic heterocycles. The Morgan fingerprint density at radius 3 is 2.68 bits per heavy atom. The summed E-state index contributed by atoms with van der Waals surface area (Å²) >= 11 is 1.09. The van der Waals surface area contributed by atoms with E-state index in [4.69, 9.17) is 0 Å². The molecule has 22 heavy (non-hydrogen) atoms. The molecule has 1 aromatic rings. The topological polar surface area (TPSA) is 74.7 Å². The quantitative estimate of drug-likeness (QED) is 0.921. The Kier molecular flexibility index (Phi) is 5.24. The van der Waals surface area contributed by atoms with Gasteiger partial charge in [0.1, 0.15) is 6.04 Å². The van der Waals surface area contributed by atoms with E-state index >= 15 is 0 Å². The van der Waals surface area contributed by atoms with Crippen LogP contribution in [0.5, 0.6) is 0 Å². The van der Waals surface area contributed by atoms with Gasteiger partial charge in [0, 0.05) is 24.3 Å². The standard InChI is InChI=1S/C16H19NO4S/c1-10(9-22-11(2)18)15(19)17-13-6-4-3-5-12(13)7-8-14(17)16(20)21/h3-6,10,14H,7-9H2,1-2H3,(H,20,21)/t10-,14-/m1/s1. The summed E-state index contributed by atoms with van der Waals surface area (Å²) in [6, 6.07) is 6.55. The van der Waals surface area contributed by atoms with Crippen LogP contribution in [-0.2, 0) is 20.8 Å². The van der Waals surface area contributed by atoms with Crippen molar-refractivity contribution in [3.8, 4) is 0 Å². The zero-order valence-corrected chi connectivity index (χ0v) is 13.4. The molecule has 1 aliphatic rings. The molecule has 0 spiro atoms. The molecule has 0 aromatic heterocycles. The number of thioether (sulfide) groups is 1. The molecule has 2 rings (SSSR count). The lowest BCUT2D eigenvalue weighted by molar-refractivity contribution is -0.140. The first-order valence-electron chi connectivity index (χ1n) is 7.19. The fourth-order valence-corrected chi connectivity index (χ4v) is 3.23. The highest BCUT2D eigenvalue weighted by molar-refractivity contribution is 8.13. The number of carboxylic acid groups (broad SMARTS) is 1. The van der Waals surface area contributed by atoms with Crippen molar-refractivity contribution in [2.75, 3.05) is 10.7 Å². The van der Waals surface area contributed by atoms with Crippen LogP contribution < -0.4 is 4.90 Å². The third-order valence-electron chi connectivity index (χ3n) is 3.73. The highest BCUT2D eigenvalue weighted by Crippen LogP contribution is 2.32. The van der Waals surface area contributed by atoms with Gasteiger partial charge in [0.15, 0.2) is 5.12 Å². The number of rotatable bonds is 4. The van der Waals surface area contributed by atoms with Gasteiger partial charge < -0.3 is 5.11 Å². The van der Waals surface area contributed by atoms with E-state index in [1.54, 1.807) is 19.1 Å². The number of hydrogen-bond acceptors (Lipinski definition) is 4. The molecule has 5 nitrogen and oxygen atoms in total. The molecule has 0 fully saturated rings. The number of carboxylic acids is 1. The molecule has 0 aliphatic carbocycles. The lowest BCUT2D eigenvalue weighted by atomic mass is 9.94. The molecular formula is C16H19NO4S. The van der Waals surface area contributed by atoms with Crippen LogP contribution in [0.3, 0.4) is 0 Å². The maximum atomic E-state index is 12.7. The van der Waals surface area contributed by atoms with Crippen molar-refractivity contribution >= 4 is 34.4 Å². The number of aryl methyl sites for hydroxylation is 1. The highest BCUT2D eigenvalue weighted by Gasteiger charge is 2.37. The predicted octanol–water partition coefficient (Wildman–Crippen LogP) is 2.33. The maximum absolute atomic E-state index is 12.7. The van der Waals surface area contributed by atoms with Crippen LogP contribution in [0.2, 0.25) is 0 Å². The van der Waals surface area contributed by atoms with Crippen LogP contribution in [-0.4, -0.2) is 33.9 Å². The zero-order chi connectivity index (χ0) is 16.3. The number of fused-ring (bicyclic) bond motifs is 1. The largest absolute Gasteiger partial charge is 0.480 e. The number of anilines is 1. The Morgan fingerprint density at radius 2 is 2.05 bits per heavy atom. The molecule has 118 valence electrons. The summed E-state index contributed by atoms with van der Waals surface area (Å²) < 4.78 is 0. The summed E-state index contributed by atoms with van der Waals surface area (Å²) in [5.74, 6) is -1.29. The molecule has 0 radical (unpaired) electrons. The van der Waals surface area contributed by atoms with Gasteiger partial charge in [-0.15, -0.1) is 0 Å². The van der Waals surface area contributed by atoms with Crippen molar-refractivity contribution < 1.29 is 19.5 Å². The Hall–Kier alpha value is -1.82. The average Bonchev–Trinajstić information content (AvgIpc) is 2.50. The monoisotopic (exact) mass is 321 g/mol. The first-order valence-corrected chi connectivity index (χ1v) is 8.17. The number of aliphatic carboxylic acids is 1. The molecule has 1 N–H and O–H groups in total. The fourth-order valence-electron chi connectivity index (χ4n) is 2.60. The van der Waals surface area contributed by atoms with E-state index < -0.39 is 17.9 Å². The maximum Gasteiger partial charge on any atom is 0.326 e. The minimum atomic E-state index is -0.991. The Balaban J connectivity index is 2.29. The number of carbonyl (C=O) groups excluding carboxylic acids is 2. The van der Waals surface area contributed by atoms with Gasteiger partial charge in [-0.2, -0.15) is 0 Å². The zero-order valence-electron chi connectivity index (χ0n) is 12.6. The molecule has 0 saturated heterocycles. The van der Waals surface area contributed by atoms with E-state index in [0.717, 1.165) is 17.3 Å². The highest BCUT2D eigenvalue weighted by atomic mass is 32.2.